The summed E-state index contributed by atoms with van der Waals surface area (Å²) in [6.45, 7) is 14.2. The van der Waals surface area contributed by atoms with E-state index in [4.69, 9.17) is 13.9 Å². The fourth-order valence-corrected chi connectivity index (χ4v) is 4.02. The molecule has 0 aromatic carbocycles. The standard InChI is InChI=1S/C23H46O3Si/c1-23(2,3)27(4,5)26-21-16-13-11-9-7-6-8-10-12-15-19-24-22-18-14-17-20-25-22/h11,13,22H,6-10,12,14-21H2,1-5H3/b13-11-. The van der Waals surface area contributed by atoms with Gasteiger partial charge in [-0.2, -0.15) is 0 Å². The lowest BCUT2D eigenvalue weighted by atomic mass is 10.1. The first-order chi connectivity index (χ1) is 12.8. The molecule has 3 nitrogen and oxygen atoms in total. The Balaban J connectivity index is 1.83. The highest BCUT2D eigenvalue weighted by molar-refractivity contribution is 6.74. The van der Waals surface area contributed by atoms with Crippen molar-refractivity contribution in [1.29, 1.82) is 0 Å². The minimum absolute atomic E-state index is 0.0813. The van der Waals surface area contributed by atoms with E-state index in [0.29, 0.717) is 5.04 Å². The van der Waals surface area contributed by atoms with Crippen LogP contribution in [0.1, 0.15) is 91.4 Å². The van der Waals surface area contributed by atoms with Crippen molar-refractivity contribution in [2.24, 2.45) is 0 Å². The van der Waals surface area contributed by atoms with Crippen molar-refractivity contribution < 1.29 is 13.9 Å². The van der Waals surface area contributed by atoms with Gasteiger partial charge in [0.25, 0.3) is 0 Å². The Bertz CT molecular complexity index is 382. The Kier molecular flexibility index (Phi) is 12.8. The van der Waals surface area contributed by atoms with E-state index in [9.17, 15) is 0 Å². The number of rotatable bonds is 14. The molecule has 1 aliphatic heterocycles. The summed E-state index contributed by atoms with van der Waals surface area (Å²) in [5.41, 5.74) is 0. The summed E-state index contributed by atoms with van der Waals surface area (Å²) in [5.74, 6) is 0. The van der Waals surface area contributed by atoms with Crippen LogP contribution in [0.25, 0.3) is 0 Å². The monoisotopic (exact) mass is 398 g/mol. The van der Waals surface area contributed by atoms with Crippen LogP contribution in [0.3, 0.4) is 0 Å². The van der Waals surface area contributed by atoms with E-state index in [0.717, 1.165) is 32.7 Å². The fraction of sp³-hybridized carbons (Fsp3) is 0.913. The molecule has 0 amide bonds. The van der Waals surface area contributed by atoms with Crippen molar-refractivity contribution in [2.45, 2.75) is 116 Å². The van der Waals surface area contributed by atoms with E-state index >= 15 is 0 Å². The molecule has 1 rings (SSSR count). The van der Waals surface area contributed by atoms with Gasteiger partial charge in [0.1, 0.15) is 0 Å². The van der Waals surface area contributed by atoms with Crippen molar-refractivity contribution in [1.82, 2.24) is 0 Å². The molecule has 1 fully saturated rings. The molecule has 1 unspecified atom stereocenters. The molecular formula is C23H46O3Si. The third-order valence-corrected chi connectivity index (χ3v) is 10.5. The van der Waals surface area contributed by atoms with Crippen LogP contribution < -0.4 is 0 Å². The molecule has 1 saturated heterocycles. The van der Waals surface area contributed by atoms with Crippen molar-refractivity contribution in [2.75, 3.05) is 19.8 Å². The lowest BCUT2D eigenvalue weighted by Crippen LogP contribution is -2.40. The molecule has 0 aliphatic carbocycles. The van der Waals surface area contributed by atoms with Gasteiger partial charge in [-0.25, -0.2) is 0 Å². The minimum Gasteiger partial charge on any atom is -0.417 e. The Morgan fingerprint density at radius 1 is 0.889 bits per heavy atom. The fourth-order valence-electron chi connectivity index (χ4n) is 2.96. The van der Waals surface area contributed by atoms with Gasteiger partial charge >= 0.3 is 0 Å². The van der Waals surface area contributed by atoms with Gasteiger partial charge in [0.2, 0.25) is 0 Å². The predicted octanol–water partition coefficient (Wildman–Crippen LogP) is 7.23. The van der Waals surface area contributed by atoms with E-state index in [-0.39, 0.29) is 6.29 Å². The zero-order valence-corrected chi connectivity index (χ0v) is 19.9. The van der Waals surface area contributed by atoms with Crippen molar-refractivity contribution >= 4 is 8.32 Å². The summed E-state index contributed by atoms with van der Waals surface area (Å²) in [5, 5.41) is 0.312. The van der Waals surface area contributed by atoms with E-state index in [1.54, 1.807) is 0 Å². The van der Waals surface area contributed by atoms with Crippen molar-refractivity contribution in [3.05, 3.63) is 12.2 Å². The Hall–Kier alpha value is -0.163. The van der Waals surface area contributed by atoms with Gasteiger partial charge in [-0.1, -0.05) is 58.6 Å². The lowest BCUT2D eigenvalue weighted by molar-refractivity contribution is -0.162. The van der Waals surface area contributed by atoms with Crippen molar-refractivity contribution in [3.8, 4) is 0 Å². The van der Waals surface area contributed by atoms with Crippen LogP contribution in [0, 0.1) is 0 Å². The zero-order valence-electron chi connectivity index (χ0n) is 18.9. The maximum Gasteiger partial charge on any atom is 0.191 e. The number of hydrogen-bond donors (Lipinski definition) is 0. The van der Waals surface area contributed by atoms with Gasteiger partial charge in [-0.15, -0.1) is 0 Å². The highest BCUT2D eigenvalue weighted by Gasteiger charge is 2.36. The minimum atomic E-state index is -1.56. The molecule has 0 radical (unpaired) electrons. The average Bonchev–Trinajstić information content (AvgIpc) is 2.62. The molecule has 0 saturated carbocycles. The summed E-state index contributed by atoms with van der Waals surface area (Å²) in [6.07, 6.45) is 18.3. The molecule has 0 aromatic heterocycles. The second-order valence-electron chi connectivity index (χ2n) is 9.45. The molecule has 160 valence electrons. The van der Waals surface area contributed by atoms with E-state index < -0.39 is 8.32 Å². The molecular weight excluding hydrogens is 352 g/mol. The van der Waals surface area contributed by atoms with Gasteiger partial charge in [0.05, 0.1) is 0 Å². The molecule has 1 atom stereocenters. The van der Waals surface area contributed by atoms with Gasteiger partial charge in [0.15, 0.2) is 14.6 Å². The largest absolute Gasteiger partial charge is 0.417 e. The van der Waals surface area contributed by atoms with Gasteiger partial charge in [-0.3, -0.25) is 0 Å². The van der Waals surface area contributed by atoms with Crippen LogP contribution in [0.2, 0.25) is 18.1 Å². The van der Waals surface area contributed by atoms with Crippen LogP contribution in [-0.2, 0) is 13.9 Å². The molecule has 4 heteroatoms. The lowest BCUT2D eigenvalue weighted by Gasteiger charge is -2.36. The van der Waals surface area contributed by atoms with Crippen LogP contribution in [0.15, 0.2) is 12.2 Å². The van der Waals surface area contributed by atoms with Gasteiger partial charge in [0, 0.05) is 19.8 Å². The normalized spacial score (nSPS) is 19.1. The molecule has 0 aromatic rings. The van der Waals surface area contributed by atoms with Crippen LogP contribution in [0.5, 0.6) is 0 Å². The number of hydrogen-bond acceptors (Lipinski definition) is 3. The molecule has 0 spiro atoms. The second kappa shape index (κ2) is 13.9. The first-order valence-electron chi connectivity index (χ1n) is 11.3. The number of unbranched alkanes of at least 4 members (excludes halogenated alkanes) is 6. The maximum atomic E-state index is 6.19. The Morgan fingerprint density at radius 3 is 2.22 bits per heavy atom. The molecule has 1 heterocycles. The quantitative estimate of drug-likeness (QED) is 0.175. The number of allylic oxidation sites excluding steroid dienone is 1. The maximum absolute atomic E-state index is 6.19. The van der Waals surface area contributed by atoms with Crippen LogP contribution in [0.4, 0.5) is 0 Å². The summed E-state index contributed by atoms with van der Waals surface area (Å²) in [6, 6.07) is 0. The molecule has 1 aliphatic rings. The predicted molar refractivity (Wildman–Crippen MR) is 119 cm³/mol. The summed E-state index contributed by atoms with van der Waals surface area (Å²) < 4.78 is 17.6. The molecule has 0 N–H and O–H groups in total. The van der Waals surface area contributed by atoms with E-state index in [1.165, 1.54) is 57.8 Å². The summed E-state index contributed by atoms with van der Waals surface area (Å²) in [4.78, 5) is 0. The highest BCUT2D eigenvalue weighted by atomic mass is 28.4. The van der Waals surface area contributed by atoms with E-state index in [2.05, 4.69) is 46.0 Å². The first-order valence-corrected chi connectivity index (χ1v) is 14.3. The number of ether oxygens (including phenoxy) is 2. The second-order valence-corrected chi connectivity index (χ2v) is 14.3. The average molecular weight is 399 g/mol. The van der Waals surface area contributed by atoms with Crippen LogP contribution in [-0.4, -0.2) is 34.4 Å². The van der Waals surface area contributed by atoms with Gasteiger partial charge < -0.3 is 13.9 Å². The molecule has 0 bridgehead atoms. The zero-order chi connectivity index (χ0) is 20.0. The highest BCUT2D eigenvalue weighted by Crippen LogP contribution is 2.36. The van der Waals surface area contributed by atoms with Crippen molar-refractivity contribution in [3.63, 3.8) is 0 Å². The van der Waals surface area contributed by atoms with Crippen LogP contribution >= 0.6 is 0 Å². The summed E-state index contributed by atoms with van der Waals surface area (Å²) in [7, 11) is -1.56. The topological polar surface area (TPSA) is 27.7 Å². The summed E-state index contributed by atoms with van der Waals surface area (Å²) >= 11 is 0. The smallest absolute Gasteiger partial charge is 0.191 e. The Labute approximate surface area is 170 Å². The SMILES string of the molecule is CC(C)(C)[Si](C)(C)OCC/C=C\CCCCCCCCOC1CCCCO1. The van der Waals surface area contributed by atoms with E-state index in [1.807, 2.05) is 0 Å². The van der Waals surface area contributed by atoms with Gasteiger partial charge in [-0.05, 0) is 63.1 Å². The first kappa shape index (κ1) is 24.9. The Morgan fingerprint density at radius 2 is 1.56 bits per heavy atom. The third kappa shape index (κ3) is 12.1. The third-order valence-electron chi connectivity index (χ3n) is 5.93. The molecule has 27 heavy (non-hydrogen) atoms.